The van der Waals surface area contributed by atoms with Crippen LogP contribution < -0.4 is 10.0 Å². The van der Waals surface area contributed by atoms with Gasteiger partial charge < -0.3 is 5.32 Å². The van der Waals surface area contributed by atoms with Gasteiger partial charge in [-0.05, 0) is 37.3 Å². The van der Waals surface area contributed by atoms with Crippen LogP contribution in [0, 0.1) is 6.92 Å². The predicted molar refractivity (Wildman–Crippen MR) is 110 cm³/mol. The van der Waals surface area contributed by atoms with Crippen molar-refractivity contribution in [1.29, 1.82) is 0 Å². The summed E-state index contributed by atoms with van der Waals surface area (Å²) >= 11 is 7.19. The summed E-state index contributed by atoms with van der Waals surface area (Å²) in [5, 5.41) is 4.13. The number of carbonyl (C=O) groups is 1. The number of aromatic nitrogens is 1. The molecule has 0 spiro atoms. The smallest absolute Gasteiger partial charge is 0.267 e. The molecule has 1 amide bonds. The second kappa shape index (κ2) is 7.67. The molecule has 0 radical (unpaired) electrons. The molecule has 9 heteroatoms. The maximum atomic E-state index is 12.6. The number of thiazole rings is 1. The summed E-state index contributed by atoms with van der Waals surface area (Å²) in [5.74, 6) is -0.304. The number of sulfonamides is 1. The second-order valence-electron chi connectivity index (χ2n) is 5.85. The summed E-state index contributed by atoms with van der Waals surface area (Å²) in [5.41, 5.74) is 2.35. The number of amides is 1. The summed E-state index contributed by atoms with van der Waals surface area (Å²) < 4.78 is 25.1. The molecule has 0 aliphatic rings. The Balaban J connectivity index is 1.81. The first-order valence-electron chi connectivity index (χ1n) is 7.84. The lowest BCUT2D eigenvalue weighted by Crippen LogP contribution is -2.13. The van der Waals surface area contributed by atoms with Gasteiger partial charge in [0.25, 0.3) is 5.91 Å². The topological polar surface area (TPSA) is 88.2 Å². The SMILES string of the molecule is Cc1nc(-c2ccc(Cl)cc2)sc1C(=O)Nc1cccc(NS(C)(=O)=O)c1. The van der Waals surface area contributed by atoms with Crippen LogP contribution in [0.5, 0.6) is 0 Å². The second-order valence-corrected chi connectivity index (χ2v) is 9.03. The van der Waals surface area contributed by atoms with Crippen molar-refractivity contribution >= 4 is 50.2 Å². The Kier molecular flexibility index (Phi) is 5.50. The lowest BCUT2D eigenvalue weighted by Gasteiger charge is -2.08. The number of carbonyl (C=O) groups excluding carboxylic acids is 1. The average molecular weight is 422 g/mol. The quantitative estimate of drug-likeness (QED) is 0.639. The Labute approximate surface area is 166 Å². The molecule has 6 nitrogen and oxygen atoms in total. The number of hydrogen-bond acceptors (Lipinski definition) is 5. The van der Waals surface area contributed by atoms with Gasteiger partial charge in [-0.25, -0.2) is 13.4 Å². The van der Waals surface area contributed by atoms with E-state index in [4.69, 9.17) is 11.6 Å². The molecule has 1 heterocycles. The van der Waals surface area contributed by atoms with Gasteiger partial charge in [-0.15, -0.1) is 11.3 Å². The van der Waals surface area contributed by atoms with E-state index < -0.39 is 10.0 Å². The van der Waals surface area contributed by atoms with Crippen molar-refractivity contribution in [1.82, 2.24) is 4.98 Å². The van der Waals surface area contributed by atoms with Crippen LogP contribution in [0.2, 0.25) is 5.02 Å². The maximum Gasteiger partial charge on any atom is 0.267 e. The van der Waals surface area contributed by atoms with E-state index >= 15 is 0 Å². The molecule has 3 aromatic rings. The van der Waals surface area contributed by atoms with E-state index in [0.717, 1.165) is 16.8 Å². The van der Waals surface area contributed by atoms with Crippen molar-refractivity contribution in [3.8, 4) is 10.6 Å². The minimum absolute atomic E-state index is 0.304. The van der Waals surface area contributed by atoms with Crippen molar-refractivity contribution < 1.29 is 13.2 Å². The molecule has 0 fully saturated rings. The fourth-order valence-electron chi connectivity index (χ4n) is 2.39. The molecular formula is C18H16ClN3O3S2. The van der Waals surface area contributed by atoms with Crippen molar-refractivity contribution in [3.63, 3.8) is 0 Å². The Morgan fingerprint density at radius 3 is 2.44 bits per heavy atom. The highest BCUT2D eigenvalue weighted by Gasteiger charge is 2.17. The largest absolute Gasteiger partial charge is 0.321 e. The molecular weight excluding hydrogens is 406 g/mol. The summed E-state index contributed by atoms with van der Waals surface area (Å²) in [6.45, 7) is 1.77. The lowest BCUT2D eigenvalue weighted by molar-refractivity contribution is 0.103. The molecule has 2 N–H and O–H groups in total. The first-order valence-corrected chi connectivity index (χ1v) is 10.9. The normalized spacial score (nSPS) is 11.2. The fourth-order valence-corrected chi connectivity index (χ4v) is 4.03. The summed E-state index contributed by atoms with van der Waals surface area (Å²) in [6, 6.07) is 13.7. The van der Waals surface area contributed by atoms with Crippen LogP contribution in [0.1, 0.15) is 15.4 Å². The first-order chi connectivity index (χ1) is 12.7. The monoisotopic (exact) mass is 421 g/mol. The standard InChI is InChI=1S/C18H16ClN3O3S2/c1-11-16(26-18(20-11)12-6-8-13(19)9-7-12)17(23)21-14-4-3-5-15(10-14)22-27(2,24)25/h3-10,22H,1-2H3,(H,21,23). The highest BCUT2D eigenvalue weighted by atomic mass is 35.5. The van der Waals surface area contributed by atoms with Crippen molar-refractivity contribution in [2.24, 2.45) is 0 Å². The van der Waals surface area contributed by atoms with Crippen LogP contribution in [0.3, 0.4) is 0 Å². The molecule has 0 saturated carbocycles. The van der Waals surface area contributed by atoms with Crippen LogP contribution in [-0.4, -0.2) is 25.6 Å². The van der Waals surface area contributed by atoms with Crippen molar-refractivity contribution in [3.05, 3.63) is 64.1 Å². The zero-order valence-electron chi connectivity index (χ0n) is 14.5. The Bertz CT molecular complexity index is 1090. The Hall–Kier alpha value is -2.42. The molecule has 27 heavy (non-hydrogen) atoms. The van der Waals surface area contributed by atoms with E-state index in [1.54, 1.807) is 43.3 Å². The van der Waals surface area contributed by atoms with E-state index in [-0.39, 0.29) is 5.91 Å². The zero-order valence-corrected chi connectivity index (χ0v) is 16.9. The molecule has 1 aromatic heterocycles. The van der Waals surface area contributed by atoms with Crippen LogP contribution >= 0.6 is 22.9 Å². The van der Waals surface area contributed by atoms with Crippen molar-refractivity contribution in [2.45, 2.75) is 6.92 Å². The molecule has 0 unspecified atom stereocenters. The molecule has 0 bridgehead atoms. The maximum absolute atomic E-state index is 12.6. The van der Waals surface area contributed by atoms with Gasteiger partial charge in [0.05, 0.1) is 17.6 Å². The number of nitrogens with one attached hydrogen (secondary N) is 2. The van der Waals surface area contributed by atoms with E-state index in [0.29, 0.717) is 27.0 Å². The van der Waals surface area contributed by atoms with Gasteiger partial charge in [-0.1, -0.05) is 29.8 Å². The molecule has 2 aromatic carbocycles. The third kappa shape index (κ3) is 5.06. The van der Waals surface area contributed by atoms with E-state index in [9.17, 15) is 13.2 Å². The van der Waals surface area contributed by atoms with Crippen LogP contribution in [0.15, 0.2) is 48.5 Å². The lowest BCUT2D eigenvalue weighted by atomic mass is 10.2. The summed E-state index contributed by atoms with van der Waals surface area (Å²) in [4.78, 5) is 17.6. The number of anilines is 2. The fraction of sp³-hybridized carbons (Fsp3) is 0.111. The number of halogens is 1. The van der Waals surface area contributed by atoms with E-state index in [1.807, 2.05) is 12.1 Å². The number of aryl methyl sites for hydroxylation is 1. The Morgan fingerprint density at radius 1 is 1.11 bits per heavy atom. The van der Waals surface area contributed by atoms with Crippen LogP contribution in [0.4, 0.5) is 11.4 Å². The van der Waals surface area contributed by atoms with Gasteiger partial charge in [-0.2, -0.15) is 0 Å². The third-order valence-corrected chi connectivity index (χ3v) is 5.58. The number of rotatable bonds is 5. The van der Waals surface area contributed by atoms with Gasteiger partial charge in [0.2, 0.25) is 10.0 Å². The third-order valence-electron chi connectivity index (χ3n) is 3.52. The number of nitrogens with zero attached hydrogens (tertiary/aromatic N) is 1. The van der Waals surface area contributed by atoms with E-state index in [1.165, 1.54) is 11.3 Å². The predicted octanol–water partition coefficient (Wildman–Crippen LogP) is 4.40. The molecule has 0 aliphatic carbocycles. The zero-order chi connectivity index (χ0) is 19.6. The summed E-state index contributed by atoms with van der Waals surface area (Å²) in [7, 11) is -3.39. The molecule has 0 atom stereocenters. The van der Waals surface area contributed by atoms with Gasteiger partial charge in [-0.3, -0.25) is 9.52 Å². The minimum atomic E-state index is -3.39. The molecule has 0 aliphatic heterocycles. The average Bonchev–Trinajstić information content (AvgIpc) is 2.96. The number of hydrogen-bond donors (Lipinski definition) is 2. The van der Waals surface area contributed by atoms with Gasteiger partial charge in [0.15, 0.2) is 0 Å². The summed E-state index contributed by atoms with van der Waals surface area (Å²) in [6.07, 6.45) is 1.07. The van der Waals surface area contributed by atoms with Gasteiger partial charge >= 0.3 is 0 Å². The molecule has 140 valence electrons. The molecule has 0 saturated heterocycles. The number of benzene rings is 2. The van der Waals surface area contributed by atoms with Gasteiger partial charge in [0.1, 0.15) is 9.88 Å². The first kappa shape index (κ1) is 19.3. The van der Waals surface area contributed by atoms with E-state index in [2.05, 4.69) is 15.0 Å². The van der Waals surface area contributed by atoms with Gasteiger partial charge in [0, 0.05) is 16.3 Å². The highest BCUT2D eigenvalue weighted by Crippen LogP contribution is 2.29. The van der Waals surface area contributed by atoms with Crippen LogP contribution in [0.25, 0.3) is 10.6 Å². The Morgan fingerprint density at radius 2 is 1.78 bits per heavy atom. The van der Waals surface area contributed by atoms with Crippen LogP contribution in [-0.2, 0) is 10.0 Å². The van der Waals surface area contributed by atoms with Crippen molar-refractivity contribution in [2.75, 3.05) is 16.3 Å². The highest BCUT2D eigenvalue weighted by molar-refractivity contribution is 7.92. The molecule has 3 rings (SSSR count). The minimum Gasteiger partial charge on any atom is -0.321 e.